The minimum Gasteiger partial charge on any atom is -0.388 e. The SMILES string of the molecule is OC1(CCc2ccc3sc4ccccc4c3c2)CN2CCC1CC2. The lowest BCUT2D eigenvalue weighted by Gasteiger charge is -2.50. The van der Waals surface area contributed by atoms with E-state index >= 15 is 0 Å². The van der Waals surface area contributed by atoms with Crippen molar-refractivity contribution in [1.29, 1.82) is 0 Å². The van der Waals surface area contributed by atoms with Crippen LogP contribution in [0.25, 0.3) is 20.2 Å². The third-order valence-electron chi connectivity index (χ3n) is 6.13. The number of nitrogens with zero attached hydrogens (tertiary/aromatic N) is 1. The molecule has 124 valence electrons. The number of benzene rings is 2. The molecule has 2 bridgehead atoms. The molecule has 24 heavy (non-hydrogen) atoms. The van der Waals surface area contributed by atoms with Gasteiger partial charge in [-0.25, -0.2) is 0 Å². The van der Waals surface area contributed by atoms with Gasteiger partial charge in [0.1, 0.15) is 0 Å². The van der Waals surface area contributed by atoms with E-state index < -0.39 is 5.60 Å². The third kappa shape index (κ3) is 2.38. The minimum atomic E-state index is -0.470. The van der Waals surface area contributed by atoms with Crippen LogP contribution in [0.2, 0.25) is 0 Å². The zero-order valence-corrected chi connectivity index (χ0v) is 14.7. The van der Waals surface area contributed by atoms with Crippen molar-refractivity contribution >= 4 is 31.5 Å². The van der Waals surface area contributed by atoms with Gasteiger partial charge in [0.2, 0.25) is 0 Å². The van der Waals surface area contributed by atoms with E-state index in [-0.39, 0.29) is 0 Å². The molecule has 3 saturated heterocycles. The Hall–Kier alpha value is -1.42. The quantitative estimate of drug-likeness (QED) is 0.763. The van der Waals surface area contributed by atoms with E-state index in [9.17, 15) is 5.11 Å². The average molecular weight is 337 g/mol. The number of piperidine rings is 3. The van der Waals surface area contributed by atoms with Gasteiger partial charge in [0.05, 0.1) is 5.60 Å². The van der Waals surface area contributed by atoms with Gasteiger partial charge >= 0.3 is 0 Å². The van der Waals surface area contributed by atoms with Gasteiger partial charge in [0, 0.05) is 26.7 Å². The predicted octanol–water partition coefficient (Wildman–Crippen LogP) is 4.44. The summed E-state index contributed by atoms with van der Waals surface area (Å²) in [6, 6.07) is 15.5. The van der Waals surface area contributed by atoms with Crippen molar-refractivity contribution in [3.63, 3.8) is 0 Å². The molecular weight excluding hydrogens is 314 g/mol. The fraction of sp³-hybridized carbons (Fsp3) is 0.429. The first-order valence-electron chi connectivity index (χ1n) is 9.06. The fourth-order valence-electron chi connectivity index (χ4n) is 4.72. The van der Waals surface area contributed by atoms with Crippen LogP contribution in [0.3, 0.4) is 0 Å². The molecule has 3 heteroatoms. The van der Waals surface area contributed by atoms with E-state index in [1.165, 1.54) is 51.7 Å². The van der Waals surface area contributed by atoms with Crippen molar-refractivity contribution in [2.45, 2.75) is 31.3 Å². The lowest BCUT2D eigenvalue weighted by molar-refractivity contribution is -0.115. The summed E-state index contributed by atoms with van der Waals surface area (Å²) >= 11 is 1.87. The molecule has 0 radical (unpaired) electrons. The van der Waals surface area contributed by atoms with Gasteiger partial charge < -0.3 is 10.0 Å². The molecule has 6 rings (SSSR count). The van der Waals surface area contributed by atoms with Crippen LogP contribution < -0.4 is 0 Å². The molecule has 1 atom stereocenters. The second kappa shape index (κ2) is 5.55. The van der Waals surface area contributed by atoms with Crippen molar-refractivity contribution < 1.29 is 5.11 Å². The Morgan fingerprint density at radius 3 is 2.62 bits per heavy atom. The summed E-state index contributed by atoms with van der Waals surface area (Å²) in [7, 11) is 0. The Balaban J connectivity index is 1.42. The Bertz CT molecular complexity index is 893. The molecule has 0 saturated carbocycles. The molecule has 2 aromatic carbocycles. The van der Waals surface area contributed by atoms with Gasteiger partial charge in [-0.15, -0.1) is 11.3 Å². The van der Waals surface area contributed by atoms with E-state index in [2.05, 4.69) is 47.4 Å². The summed E-state index contributed by atoms with van der Waals surface area (Å²) in [5, 5.41) is 13.9. The third-order valence-corrected chi connectivity index (χ3v) is 7.28. The highest BCUT2D eigenvalue weighted by atomic mass is 32.1. The van der Waals surface area contributed by atoms with E-state index in [0.29, 0.717) is 5.92 Å². The van der Waals surface area contributed by atoms with Gasteiger partial charge in [-0.05, 0) is 68.5 Å². The highest BCUT2D eigenvalue weighted by Crippen LogP contribution is 2.39. The van der Waals surface area contributed by atoms with Crippen LogP contribution in [0.5, 0.6) is 0 Å². The van der Waals surface area contributed by atoms with E-state index in [0.717, 1.165) is 19.4 Å². The van der Waals surface area contributed by atoms with E-state index in [4.69, 9.17) is 0 Å². The van der Waals surface area contributed by atoms with Gasteiger partial charge in [-0.1, -0.05) is 24.3 Å². The first kappa shape index (κ1) is 14.9. The fourth-order valence-corrected chi connectivity index (χ4v) is 5.80. The Morgan fingerprint density at radius 2 is 1.83 bits per heavy atom. The van der Waals surface area contributed by atoms with Crippen molar-refractivity contribution in [2.75, 3.05) is 19.6 Å². The summed E-state index contributed by atoms with van der Waals surface area (Å²) < 4.78 is 2.72. The molecule has 0 spiro atoms. The molecular formula is C21H23NOS. The van der Waals surface area contributed by atoms with E-state index in [1.54, 1.807) is 0 Å². The van der Waals surface area contributed by atoms with Crippen molar-refractivity contribution in [2.24, 2.45) is 5.92 Å². The largest absolute Gasteiger partial charge is 0.388 e. The van der Waals surface area contributed by atoms with Gasteiger partial charge in [-0.2, -0.15) is 0 Å². The molecule has 1 aromatic heterocycles. The zero-order chi connectivity index (χ0) is 16.1. The summed E-state index contributed by atoms with van der Waals surface area (Å²) in [5.74, 6) is 0.508. The van der Waals surface area contributed by atoms with Gasteiger partial charge in [0.15, 0.2) is 0 Å². The number of aryl methyl sites for hydroxylation is 1. The van der Waals surface area contributed by atoms with Gasteiger partial charge in [0.25, 0.3) is 0 Å². The summed E-state index contributed by atoms with van der Waals surface area (Å²) in [6.45, 7) is 3.24. The summed E-state index contributed by atoms with van der Waals surface area (Å²) in [6.07, 6.45) is 4.21. The molecule has 2 nitrogen and oxygen atoms in total. The average Bonchev–Trinajstić information content (AvgIpc) is 2.99. The lowest BCUT2D eigenvalue weighted by Crippen LogP contribution is -2.59. The first-order chi connectivity index (χ1) is 11.7. The molecule has 0 aliphatic carbocycles. The maximum absolute atomic E-state index is 11.1. The van der Waals surface area contributed by atoms with Crippen LogP contribution in [0.15, 0.2) is 42.5 Å². The Morgan fingerprint density at radius 1 is 1.04 bits per heavy atom. The van der Waals surface area contributed by atoms with Crippen molar-refractivity contribution in [1.82, 2.24) is 4.90 Å². The van der Waals surface area contributed by atoms with Crippen molar-refractivity contribution in [3.8, 4) is 0 Å². The molecule has 1 unspecified atom stereocenters. The second-order valence-electron chi connectivity index (χ2n) is 7.58. The molecule has 3 aliphatic heterocycles. The topological polar surface area (TPSA) is 23.5 Å². The minimum absolute atomic E-state index is 0.470. The highest BCUT2D eigenvalue weighted by Gasteiger charge is 2.44. The summed E-state index contributed by atoms with van der Waals surface area (Å²) in [4.78, 5) is 2.44. The molecule has 3 aromatic rings. The number of hydrogen-bond acceptors (Lipinski definition) is 3. The van der Waals surface area contributed by atoms with E-state index in [1.807, 2.05) is 11.3 Å². The summed E-state index contributed by atoms with van der Waals surface area (Å²) in [5.41, 5.74) is 0.887. The Labute approximate surface area is 146 Å². The molecule has 3 fully saturated rings. The standard InChI is InChI=1S/C21H23NOS/c23-21(14-22-11-8-16(21)9-12-22)10-7-15-5-6-20-18(13-15)17-3-1-2-4-19(17)24-20/h1-6,13,16,23H,7-12,14H2. The van der Waals surface area contributed by atoms with Crippen LogP contribution in [-0.4, -0.2) is 35.2 Å². The maximum atomic E-state index is 11.1. The molecule has 3 aliphatic rings. The number of thiophene rings is 1. The van der Waals surface area contributed by atoms with Crippen molar-refractivity contribution in [3.05, 3.63) is 48.0 Å². The number of fused-ring (bicyclic) bond motifs is 6. The number of rotatable bonds is 3. The molecule has 1 N–H and O–H groups in total. The Kier molecular flexibility index (Phi) is 3.44. The van der Waals surface area contributed by atoms with Crippen LogP contribution in [0, 0.1) is 5.92 Å². The second-order valence-corrected chi connectivity index (χ2v) is 8.67. The molecule has 4 heterocycles. The first-order valence-corrected chi connectivity index (χ1v) is 9.88. The zero-order valence-electron chi connectivity index (χ0n) is 13.9. The number of hydrogen-bond donors (Lipinski definition) is 1. The van der Waals surface area contributed by atoms with Gasteiger partial charge in [-0.3, -0.25) is 0 Å². The monoisotopic (exact) mass is 337 g/mol. The lowest BCUT2D eigenvalue weighted by atomic mass is 9.73. The smallest absolute Gasteiger partial charge is 0.0806 e. The van der Waals surface area contributed by atoms with Crippen LogP contribution in [0.1, 0.15) is 24.8 Å². The van der Waals surface area contributed by atoms with Crippen LogP contribution in [0.4, 0.5) is 0 Å². The number of aliphatic hydroxyl groups is 1. The highest BCUT2D eigenvalue weighted by molar-refractivity contribution is 7.25. The molecule has 0 amide bonds. The predicted molar refractivity (Wildman–Crippen MR) is 102 cm³/mol. The van der Waals surface area contributed by atoms with Crippen LogP contribution >= 0.6 is 11.3 Å². The maximum Gasteiger partial charge on any atom is 0.0806 e. The normalized spacial score (nSPS) is 29.5. The van der Waals surface area contributed by atoms with Crippen LogP contribution in [-0.2, 0) is 6.42 Å².